The topological polar surface area (TPSA) is 146 Å². The SMILES string of the molecule is C=C(O)CSc1nc(SCC(=O)O)c(Cl)c(Oc2ccc(N)c(C(C)O)c2)c1O. The maximum Gasteiger partial charge on any atom is 0.313 e. The summed E-state index contributed by atoms with van der Waals surface area (Å²) in [6, 6.07) is 4.57. The lowest BCUT2D eigenvalue weighted by atomic mass is 10.1. The molecule has 29 heavy (non-hydrogen) atoms. The zero-order chi connectivity index (χ0) is 21.7. The highest BCUT2D eigenvalue weighted by molar-refractivity contribution is 8.00. The number of anilines is 1. The van der Waals surface area contributed by atoms with E-state index in [1.54, 1.807) is 6.92 Å². The molecule has 156 valence electrons. The van der Waals surface area contributed by atoms with Crippen LogP contribution in [0.5, 0.6) is 17.2 Å². The second-order valence-corrected chi connectivity index (χ2v) is 8.13. The molecule has 0 aliphatic carbocycles. The molecule has 0 saturated heterocycles. The summed E-state index contributed by atoms with van der Waals surface area (Å²) >= 11 is 8.14. The van der Waals surface area contributed by atoms with Crippen LogP contribution in [0.4, 0.5) is 5.69 Å². The minimum Gasteiger partial charge on any atom is -0.512 e. The van der Waals surface area contributed by atoms with E-state index in [0.717, 1.165) is 23.5 Å². The van der Waals surface area contributed by atoms with Gasteiger partial charge in [-0.15, -0.1) is 0 Å². The molecule has 0 saturated carbocycles. The number of hydrogen-bond donors (Lipinski definition) is 5. The van der Waals surface area contributed by atoms with Gasteiger partial charge in [0.05, 0.1) is 23.4 Å². The number of nitrogens with two attached hydrogens (primary N) is 1. The van der Waals surface area contributed by atoms with Gasteiger partial charge in [-0.3, -0.25) is 4.79 Å². The van der Waals surface area contributed by atoms with E-state index >= 15 is 0 Å². The molecule has 6 N–H and O–H groups in total. The van der Waals surface area contributed by atoms with Gasteiger partial charge in [0.2, 0.25) is 0 Å². The average molecular weight is 459 g/mol. The minimum atomic E-state index is -1.07. The number of rotatable bonds is 9. The monoisotopic (exact) mass is 458 g/mol. The van der Waals surface area contributed by atoms with Crippen molar-refractivity contribution in [2.24, 2.45) is 0 Å². The van der Waals surface area contributed by atoms with Crippen molar-refractivity contribution in [2.45, 2.75) is 23.1 Å². The van der Waals surface area contributed by atoms with E-state index in [9.17, 15) is 20.1 Å². The molecule has 0 amide bonds. The molecule has 0 fully saturated rings. The number of ether oxygens (including phenoxy) is 1. The highest BCUT2D eigenvalue weighted by Crippen LogP contribution is 2.47. The highest BCUT2D eigenvalue weighted by atomic mass is 35.5. The number of aliphatic carboxylic acids is 1. The number of nitrogen functional groups attached to an aromatic ring is 1. The zero-order valence-electron chi connectivity index (χ0n) is 15.3. The van der Waals surface area contributed by atoms with Gasteiger partial charge < -0.3 is 30.9 Å². The van der Waals surface area contributed by atoms with E-state index in [0.29, 0.717) is 11.3 Å². The molecule has 1 aromatic carbocycles. The van der Waals surface area contributed by atoms with Gasteiger partial charge in [0.25, 0.3) is 0 Å². The fourth-order valence-electron chi connectivity index (χ4n) is 2.16. The van der Waals surface area contributed by atoms with Gasteiger partial charge in [-0.05, 0) is 25.1 Å². The van der Waals surface area contributed by atoms with Crippen molar-refractivity contribution in [1.82, 2.24) is 4.98 Å². The molecular weight excluding hydrogens is 440 g/mol. The van der Waals surface area contributed by atoms with Crippen LogP contribution < -0.4 is 10.5 Å². The fraction of sp³-hybridized carbons (Fsp3) is 0.222. The van der Waals surface area contributed by atoms with Crippen LogP contribution in [0.3, 0.4) is 0 Å². The van der Waals surface area contributed by atoms with Gasteiger partial charge in [-0.2, -0.15) is 0 Å². The molecule has 0 radical (unpaired) electrons. The molecule has 2 rings (SSSR count). The predicted octanol–water partition coefficient (Wildman–Crippen LogP) is 4.21. The molecule has 1 aromatic heterocycles. The summed E-state index contributed by atoms with van der Waals surface area (Å²) in [6.07, 6.45) is -0.844. The first kappa shape index (κ1) is 23.0. The third kappa shape index (κ3) is 6.10. The number of aliphatic hydroxyl groups is 2. The van der Waals surface area contributed by atoms with Crippen molar-refractivity contribution < 1.29 is 30.0 Å². The molecule has 1 atom stereocenters. The van der Waals surface area contributed by atoms with Crippen LogP contribution in [-0.4, -0.2) is 42.9 Å². The van der Waals surface area contributed by atoms with Gasteiger partial charge in [0, 0.05) is 11.3 Å². The van der Waals surface area contributed by atoms with Gasteiger partial charge in [0.1, 0.15) is 20.8 Å². The third-order valence-electron chi connectivity index (χ3n) is 3.44. The normalized spacial score (nSPS) is 11.8. The van der Waals surface area contributed by atoms with E-state index in [2.05, 4.69) is 11.6 Å². The molecule has 1 heterocycles. The molecule has 0 aliphatic rings. The average Bonchev–Trinajstić information content (AvgIpc) is 2.64. The van der Waals surface area contributed by atoms with Crippen molar-refractivity contribution >= 4 is 46.8 Å². The Labute approximate surface area is 180 Å². The number of aromatic nitrogens is 1. The number of carboxylic acid groups (broad SMARTS) is 1. The molecule has 0 spiro atoms. The molecule has 1 unspecified atom stereocenters. The lowest BCUT2D eigenvalue weighted by Gasteiger charge is -2.16. The number of benzene rings is 1. The van der Waals surface area contributed by atoms with E-state index < -0.39 is 12.1 Å². The van der Waals surface area contributed by atoms with E-state index in [1.165, 1.54) is 18.2 Å². The number of carbonyl (C=O) groups is 1. The highest BCUT2D eigenvalue weighted by Gasteiger charge is 2.22. The van der Waals surface area contributed by atoms with Crippen molar-refractivity contribution in [3.8, 4) is 17.2 Å². The summed E-state index contributed by atoms with van der Waals surface area (Å²) in [7, 11) is 0. The zero-order valence-corrected chi connectivity index (χ0v) is 17.6. The number of halogens is 1. The maximum absolute atomic E-state index is 10.9. The number of aliphatic hydroxyl groups excluding tert-OH is 2. The molecule has 8 nitrogen and oxygen atoms in total. The largest absolute Gasteiger partial charge is 0.512 e. The molecule has 0 aliphatic heterocycles. The Bertz CT molecular complexity index is 897. The second-order valence-electron chi connectivity index (χ2n) is 5.82. The van der Waals surface area contributed by atoms with Crippen molar-refractivity contribution in [3.05, 3.63) is 41.1 Å². The number of pyridine rings is 1. The Kier molecular flexibility index (Phi) is 7.91. The Morgan fingerprint density at radius 2 is 1.97 bits per heavy atom. The molecular formula is C18H19ClN2O6S2. The Balaban J connectivity index is 2.49. The van der Waals surface area contributed by atoms with Crippen LogP contribution in [-0.2, 0) is 4.79 Å². The number of aromatic hydroxyl groups is 1. The van der Waals surface area contributed by atoms with Gasteiger partial charge in [0.15, 0.2) is 11.5 Å². The van der Waals surface area contributed by atoms with Gasteiger partial charge in [-0.1, -0.05) is 41.7 Å². The summed E-state index contributed by atoms with van der Waals surface area (Å²) in [5.41, 5.74) is 6.63. The summed E-state index contributed by atoms with van der Waals surface area (Å²) in [5, 5.41) is 38.8. The standard InChI is InChI=1S/C18H19ClN2O6S2/c1-8(22)6-28-18-15(26)16(14(19)17(21-18)29-7-13(24)25)27-10-3-4-12(20)11(5-10)9(2)23/h3-5,9,22-23,26H,1,6-7,20H2,2H3,(H,24,25). The predicted molar refractivity (Wildman–Crippen MR) is 113 cm³/mol. The van der Waals surface area contributed by atoms with Crippen LogP contribution in [0.1, 0.15) is 18.6 Å². The Morgan fingerprint density at radius 1 is 1.31 bits per heavy atom. The second kappa shape index (κ2) is 9.97. The lowest BCUT2D eigenvalue weighted by Crippen LogP contribution is -2.01. The van der Waals surface area contributed by atoms with E-state index in [1.807, 2.05) is 0 Å². The molecule has 0 bridgehead atoms. The Hall–Kier alpha value is -2.27. The fourth-order valence-corrected chi connectivity index (χ4v) is 3.88. The van der Waals surface area contributed by atoms with Crippen LogP contribution in [0.15, 0.2) is 40.6 Å². The summed E-state index contributed by atoms with van der Waals surface area (Å²) in [5.74, 6) is -1.72. The summed E-state index contributed by atoms with van der Waals surface area (Å²) in [6.45, 7) is 4.92. The van der Waals surface area contributed by atoms with Crippen LogP contribution in [0.2, 0.25) is 5.02 Å². The number of carboxylic acids is 1. The van der Waals surface area contributed by atoms with Gasteiger partial charge in [-0.25, -0.2) is 4.98 Å². The minimum absolute atomic E-state index is 0.0543. The smallest absolute Gasteiger partial charge is 0.313 e. The van der Waals surface area contributed by atoms with Crippen LogP contribution >= 0.6 is 35.1 Å². The van der Waals surface area contributed by atoms with Gasteiger partial charge >= 0.3 is 5.97 Å². The first-order chi connectivity index (χ1) is 13.6. The Morgan fingerprint density at radius 3 is 2.55 bits per heavy atom. The van der Waals surface area contributed by atoms with Crippen molar-refractivity contribution in [3.63, 3.8) is 0 Å². The third-order valence-corrected chi connectivity index (χ3v) is 5.90. The number of thioether (sulfide) groups is 2. The first-order valence-corrected chi connectivity index (χ1v) is 10.5. The first-order valence-electron chi connectivity index (χ1n) is 8.12. The van der Waals surface area contributed by atoms with Crippen molar-refractivity contribution in [2.75, 3.05) is 17.2 Å². The van der Waals surface area contributed by atoms with E-state index in [4.69, 9.17) is 27.2 Å². The number of hydrogen-bond acceptors (Lipinski definition) is 9. The number of nitrogens with zero attached hydrogens (tertiary/aromatic N) is 1. The van der Waals surface area contributed by atoms with Crippen LogP contribution in [0.25, 0.3) is 0 Å². The van der Waals surface area contributed by atoms with Crippen molar-refractivity contribution in [1.29, 1.82) is 0 Å². The summed E-state index contributed by atoms with van der Waals surface area (Å²) < 4.78 is 5.73. The van der Waals surface area contributed by atoms with E-state index in [-0.39, 0.29) is 49.6 Å². The lowest BCUT2D eigenvalue weighted by molar-refractivity contribution is -0.133. The molecule has 2 aromatic rings. The molecule has 11 heteroatoms. The van der Waals surface area contributed by atoms with Crippen LogP contribution in [0, 0.1) is 0 Å². The summed E-state index contributed by atoms with van der Waals surface area (Å²) in [4.78, 5) is 15.1. The maximum atomic E-state index is 10.9. The quantitative estimate of drug-likeness (QED) is 0.210.